The molecule has 8 nitrogen and oxygen atoms in total. The third kappa shape index (κ3) is 4.29. The first-order valence-corrected chi connectivity index (χ1v) is 7.17. The maximum absolute atomic E-state index is 10.6. The molecule has 0 saturated carbocycles. The van der Waals surface area contributed by atoms with Gasteiger partial charge in [0.15, 0.2) is 0 Å². The van der Waals surface area contributed by atoms with E-state index in [1.54, 1.807) is 48.5 Å². The molecule has 8 heteroatoms. The number of hydrogen-bond acceptors (Lipinski definition) is 7. The molecule has 0 atom stereocenters. The number of nitro groups is 1. The second kappa shape index (κ2) is 8.39. The Balaban J connectivity index is 2.09. The predicted octanol–water partition coefficient (Wildman–Crippen LogP) is 3.37. The van der Waals surface area contributed by atoms with Crippen LogP contribution in [0.2, 0.25) is 0 Å². The molecule has 0 radical (unpaired) electrons. The van der Waals surface area contributed by atoms with E-state index in [-0.39, 0.29) is 16.8 Å². The average molecular weight is 342 g/mol. The van der Waals surface area contributed by atoms with Gasteiger partial charge in [-0.15, -0.1) is 0 Å². The molecular formula is C18H10N6O2. The van der Waals surface area contributed by atoms with E-state index < -0.39 is 4.92 Å². The number of nitro benzene ring substituents is 1. The smallest absolute Gasteiger partial charge is 0.269 e. The Bertz CT molecular complexity index is 984. The van der Waals surface area contributed by atoms with Gasteiger partial charge >= 0.3 is 0 Å². The standard InChI is InChI=1S/C18H10N6O2/c19-9-15(10-20)18(11-21)14-3-5-16(6-4-14)23-22-12-13-1-7-17(8-2-13)24(25)26/h1-8,12,23H. The fraction of sp³-hybridized carbons (Fsp3) is 0. The third-order valence-corrected chi connectivity index (χ3v) is 3.27. The number of nitriles is 3. The van der Waals surface area contributed by atoms with Crippen molar-refractivity contribution in [2.75, 3.05) is 5.43 Å². The lowest BCUT2D eigenvalue weighted by molar-refractivity contribution is -0.384. The van der Waals surface area contributed by atoms with Crippen LogP contribution in [0.25, 0.3) is 5.57 Å². The summed E-state index contributed by atoms with van der Waals surface area (Å²) in [5, 5.41) is 41.5. The summed E-state index contributed by atoms with van der Waals surface area (Å²) in [7, 11) is 0. The van der Waals surface area contributed by atoms with Crippen molar-refractivity contribution in [3.63, 3.8) is 0 Å². The third-order valence-electron chi connectivity index (χ3n) is 3.27. The van der Waals surface area contributed by atoms with Crippen LogP contribution in [0.1, 0.15) is 11.1 Å². The number of nitrogens with zero attached hydrogens (tertiary/aromatic N) is 5. The van der Waals surface area contributed by atoms with E-state index in [9.17, 15) is 10.1 Å². The number of hydrazone groups is 1. The van der Waals surface area contributed by atoms with E-state index in [4.69, 9.17) is 15.8 Å². The van der Waals surface area contributed by atoms with E-state index in [0.29, 0.717) is 16.8 Å². The predicted molar refractivity (Wildman–Crippen MR) is 94.5 cm³/mol. The summed E-state index contributed by atoms with van der Waals surface area (Å²) in [6, 6.07) is 17.6. The Hall–Kier alpha value is -4.48. The molecule has 0 aliphatic heterocycles. The molecule has 2 aromatic carbocycles. The lowest BCUT2D eigenvalue weighted by Crippen LogP contribution is -1.93. The molecule has 0 aromatic heterocycles. The Morgan fingerprint density at radius 3 is 2.12 bits per heavy atom. The van der Waals surface area contributed by atoms with Gasteiger partial charge in [0.2, 0.25) is 0 Å². The van der Waals surface area contributed by atoms with Gasteiger partial charge in [0, 0.05) is 12.1 Å². The van der Waals surface area contributed by atoms with Crippen LogP contribution in [0.3, 0.4) is 0 Å². The molecule has 0 fully saturated rings. The molecular weight excluding hydrogens is 332 g/mol. The van der Waals surface area contributed by atoms with Crippen molar-refractivity contribution in [1.82, 2.24) is 0 Å². The quantitative estimate of drug-likeness (QED) is 0.382. The monoisotopic (exact) mass is 342 g/mol. The summed E-state index contributed by atoms with van der Waals surface area (Å²) >= 11 is 0. The minimum absolute atomic E-state index is 0.00107. The highest BCUT2D eigenvalue weighted by Crippen LogP contribution is 2.20. The van der Waals surface area contributed by atoms with Crippen molar-refractivity contribution in [3.8, 4) is 18.2 Å². The number of rotatable bonds is 5. The topological polar surface area (TPSA) is 139 Å². The van der Waals surface area contributed by atoms with Crippen LogP contribution in [0.5, 0.6) is 0 Å². The molecule has 0 aliphatic rings. The number of allylic oxidation sites excluding steroid dienone is 2. The van der Waals surface area contributed by atoms with E-state index >= 15 is 0 Å². The Labute approximate surface area is 148 Å². The van der Waals surface area contributed by atoms with Crippen LogP contribution in [0.4, 0.5) is 11.4 Å². The van der Waals surface area contributed by atoms with Gasteiger partial charge < -0.3 is 0 Å². The highest BCUT2D eigenvalue weighted by Gasteiger charge is 2.08. The molecule has 0 bridgehead atoms. The Kier molecular flexibility index (Phi) is 5.77. The second-order valence-electron chi connectivity index (χ2n) is 4.88. The molecule has 2 aromatic rings. The van der Waals surface area contributed by atoms with Crippen LogP contribution in [-0.2, 0) is 0 Å². The van der Waals surface area contributed by atoms with Gasteiger partial charge in [-0.3, -0.25) is 15.5 Å². The minimum atomic E-state index is -0.477. The maximum atomic E-state index is 10.6. The van der Waals surface area contributed by atoms with Crippen molar-refractivity contribution >= 4 is 23.2 Å². The van der Waals surface area contributed by atoms with Gasteiger partial charge in [0.05, 0.1) is 22.4 Å². The number of non-ortho nitro benzene ring substituents is 1. The normalized spacial score (nSPS) is 9.58. The van der Waals surface area contributed by atoms with Crippen LogP contribution in [-0.4, -0.2) is 11.1 Å². The van der Waals surface area contributed by atoms with Gasteiger partial charge in [-0.05, 0) is 35.4 Å². The zero-order valence-electron chi connectivity index (χ0n) is 13.2. The first kappa shape index (κ1) is 17.9. The molecule has 124 valence electrons. The number of hydrogen-bond donors (Lipinski definition) is 1. The van der Waals surface area contributed by atoms with Crippen LogP contribution < -0.4 is 5.43 Å². The first-order chi connectivity index (χ1) is 12.6. The van der Waals surface area contributed by atoms with Crippen LogP contribution in [0, 0.1) is 44.1 Å². The summed E-state index contributed by atoms with van der Waals surface area (Å²) in [4.78, 5) is 10.1. The summed E-state index contributed by atoms with van der Waals surface area (Å²) in [6.07, 6.45) is 1.50. The summed E-state index contributed by atoms with van der Waals surface area (Å²) < 4.78 is 0. The summed E-state index contributed by atoms with van der Waals surface area (Å²) in [5.74, 6) is 0. The molecule has 0 aliphatic carbocycles. The summed E-state index contributed by atoms with van der Waals surface area (Å²) in [6.45, 7) is 0. The van der Waals surface area contributed by atoms with Gasteiger partial charge in [-0.1, -0.05) is 12.1 Å². The molecule has 0 unspecified atom stereocenters. The maximum Gasteiger partial charge on any atom is 0.269 e. The molecule has 0 saturated heterocycles. The first-order valence-electron chi connectivity index (χ1n) is 7.17. The van der Waals surface area contributed by atoms with Crippen LogP contribution in [0.15, 0.2) is 59.2 Å². The molecule has 2 rings (SSSR count). The van der Waals surface area contributed by atoms with Crippen LogP contribution >= 0.6 is 0 Å². The second-order valence-corrected chi connectivity index (χ2v) is 4.88. The minimum Gasteiger partial charge on any atom is -0.279 e. The lowest BCUT2D eigenvalue weighted by atomic mass is 10.0. The van der Waals surface area contributed by atoms with E-state index in [2.05, 4.69) is 10.5 Å². The van der Waals surface area contributed by atoms with E-state index in [1.807, 2.05) is 6.07 Å². The number of benzene rings is 2. The van der Waals surface area contributed by atoms with Crippen molar-refractivity contribution in [2.45, 2.75) is 0 Å². The van der Waals surface area contributed by atoms with E-state index in [0.717, 1.165) is 0 Å². The van der Waals surface area contributed by atoms with Crippen molar-refractivity contribution in [3.05, 3.63) is 75.3 Å². The number of nitrogens with one attached hydrogen (secondary N) is 1. The summed E-state index contributed by atoms with van der Waals surface area (Å²) in [5.41, 5.74) is 4.31. The highest BCUT2D eigenvalue weighted by atomic mass is 16.6. The zero-order chi connectivity index (χ0) is 18.9. The average Bonchev–Trinajstić information content (AvgIpc) is 2.67. The van der Waals surface area contributed by atoms with Crippen molar-refractivity contribution in [1.29, 1.82) is 15.8 Å². The van der Waals surface area contributed by atoms with Gasteiger partial charge in [0.1, 0.15) is 23.8 Å². The van der Waals surface area contributed by atoms with Crippen molar-refractivity contribution < 1.29 is 4.92 Å². The van der Waals surface area contributed by atoms with Crippen molar-refractivity contribution in [2.24, 2.45) is 5.10 Å². The highest BCUT2D eigenvalue weighted by molar-refractivity contribution is 5.85. The molecule has 0 amide bonds. The lowest BCUT2D eigenvalue weighted by Gasteiger charge is -2.03. The van der Waals surface area contributed by atoms with E-state index in [1.165, 1.54) is 18.3 Å². The van der Waals surface area contributed by atoms with Gasteiger partial charge in [0.25, 0.3) is 5.69 Å². The Morgan fingerprint density at radius 1 is 1.00 bits per heavy atom. The Morgan fingerprint density at radius 2 is 1.62 bits per heavy atom. The van der Waals surface area contributed by atoms with Gasteiger partial charge in [-0.25, -0.2) is 0 Å². The molecule has 26 heavy (non-hydrogen) atoms. The SMILES string of the molecule is N#CC(C#N)=C(C#N)c1ccc(NN=Cc2ccc([N+](=O)[O-])cc2)cc1. The van der Waals surface area contributed by atoms with Gasteiger partial charge in [-0.2, -0.15) is 20.9 Å². The fourth-order valence-electron chi connectivity index (χ4n) is 1.98. The fourth-order valence-corrected chi connectivity index (χ4v) is 1.98. The molecule has 0 heterocycles. The zero-order valence-corrected chi connectivity index (χ0v) is 13.2. The number of anilines is 1. The molecule has 0 spiro atoms. The molecule has 1 N–H and O–H groups in total. The largest absolute Gasteiger partial charge is 0.279 e.